The van der Waals surface area contributed by atoms with Crippen LogP contribution in [0.3, 0.4) is 0 Å². The first-order valence-corrected chi connectivity index (χ1v) is 5.99. The van der Waals surface area contributed by atoms with Gasteiger partial charge in [0.25, 0.3) is 0 Å². The normalized spacial score (nSPS) is 36.6. The summed E-state index contributed by atoms with van der Waals surface area (Å²) in [6, 6.07) is -0.630. The van der Waals surface area contributed by atoms with Crippen LogP contribution in [0.2, 0.25) is 0 Å². The zero-order valence-electron chi connectivity index (χ0n) is 9.79. The Morgan fingerprint density at radius 1 is 1.19 bits per heavy atom. The molecule has 0 aromatic carbocycles. The standard InChI is InChI=1S/C11H23NO4/c1-2-3-4-12-8(6-13)5-10(15)11(16)9(12)7-14/h8-11,13-16H,2-7H2,1H3/t8-,9?,10?,11+/m0/s1. The van der Waals surface area contributed by atoms with E-state index < -0.39 is 18.2 Å². The van der Waals surface area contributed by atoms with Crippen molar-refractivity contribution in [2.45, 2.75) is 50.5 Å². The van der Waals surface area contributed by atoms with Gasteiger partial charge >= 0.3 is 0 Å². The maximum absolute atomic E-state index is 9.79. The highest BCUT2D eigenvalue weighted by molar-refractivity contribution is 4.94. The van der Waals surface area contributed by atoms with Crippen LogP contribution in [0.1, 0.15) is 26.2 Å². The summed E-state index contributed by atoms with van der Waals surface area (Å²) in [7, 11) is 0. The highest BCUT2D eigenvalue weighted by Crippen LogP contribution is 2.24. The Morgan fingerprint density at radius 3 is 2.38 bits per heavy atom. The maximum Gasteiger partial charge on any atom is 0.0976 e. The Balaban J connectivity index is 2.70. The Kier molecular flexibility index (Phi) is 5.64. The van der Waals surface area contributed by atoms with Gasteiger partial charge in [-0.05, 0) is 19.4 Å². The van der Waals surface area contributed by atoms with Crippen molar-refractivity contribution < 1.29 is 20.4 Å². The number of likely N-dealkylation sites (tertiary alicyclic amines) is 1. The number of nitrogens with zero attached hydrogens (tertiary/aromatic N) is 1. The van der Waals surface area contributed by atoms with Gasteiger partial charge in [0.15, 0.2) is 0 Å². The second kappa shape index (κ2) is 6.51. The van der Waals surface area contributed by atoms with Crippen molar-refractivity contribution in [3.8, 4) is 0 Å². The molecule has 1 saturated heterocycles. The minimum Gasteiger partial charge on any atom is -0.395 e. The minimum absolute atomic E-state index is 0.0516. The highest BCUT2D eigenvalue weighted by atomic mass is 16.3. The van der Waals surface area contributed by atoms with E-state index in [1.165, 1.54) is 0 Å². The smallest absolute Gasteiger partial charge is 0.0976 e. The van der Waals surface area contributed by atoms with E-state index in [0.29, 0.717) is 6.42 Å². The van der Waals surface area contributed by atoms with E-state index in [4.69, 9.17) is 0 Å². The van der Waals surface area contributed by atoms with Crippen LogP contribution in [0.25, 0.3) is 0 Å². The molecule has 1 aliphatic rings. The molecule has 1 fully saturated rings. The lowest BCUT2D eigenvalue weighted by Gasteiger charge is -2.45. The summed E-state index contributed by atoms with van der Waals surface area (Å²) >= 11 is 0. The lowest BCUT2D eigenvalue weighted by atomic mass is 9.90. The number of aliphatic hydroxyl groups excluding tert-OH is 4. The van der Waals surface area contributed by atoms with Crippen molar-refractivity contribution in [2.75, 3.05) is 19.8 Å². The van der Waals surface area contributed by atoms with Gasteiger partial charge in [-0.2, -0.15) is 0 Å². The second-order valence-electron chi connectivity index (χ2n) is 4.47. The summed E-state index contributed by atoms with van der Waals surface area (Å²) < 4.78 is 0. The topological polar surface area (TPSA) is 84.2 Å². The van der Waals surface area contributed by atoms with E-state index in [0.717, 1.165) is 19.4 Å². The molecule has 0 bridgehead atoms. The third-order valence-electron chi connectivity index (χ3n) is 3.36. The van der Waals surface area contributed by atoms with Crippen molar-refractivity contribution in [1.29, 1.82) is 0 Å². The largest absolute Gasteiger partial charge is 0.395 e. The minimum atomic E-state index is -0.926. The molecule has 0 spiro atoms. The van der Waals surface area contributed by atoms with Crippen LogP contribution >= 0.6 is 0 Å². The van der Waals surface area contributed by atoms with Crippen molar-refractivity contribution in [1.82, 2.24) is 4.90 Å². The zero-order valence-corrected chi connectivity index (χ0v) is 9.79. The van der Waals surface area contributed by atoms with E-state index >= 15 is 0 Å². The molecule has 1 rings (SSSR count). The van der Waals surface area contributed by atoms with Gasteiger partial charge < -0.3 is 20.4 Å². The molecule has 0 aliphatic carbocycles. The second-order valence-corrected chi connectivity index (χ2v) is 4.47. The number of rotatable bonds is 5. The Hall–Kier alpha value is -0.200. The molecular formula is C11H23NO4. The molecule has 0 radical (unpaired) electrons. The Morgan fingerprint density at radius 2 is 1.88 bits per heavy atom. The van der Waals surface area contributed by atoms with Crippen LogP contribution in [0.4, 0.5) is 0 Å². The summed E-state index contributed by atoms with van der Waals surface area (Å²) in [6.07, 6.45) is 0.552. The predicted octanol–water partition coefficient (Wildman–Crippen LogP) is -1.06. The summed E-state index contributed by atoms with van der Waals surface area (Å²) in [5.41, 5.74) is 0. The molecule has 5 nitrogen and oxygen atoms in total. The fourth-order valence-electron chi connectivity index (χ4n) is 2.36. The summed E-state index contributed by atoms with van der Waals surface area (Å²) in [6.45, 7) is 2.55. The molecule has 0 aromatic rings. The first kappa shape index (κ1) is 13.9. The number of aliphatic hydroxyl groups is 4. The molecule has 4 N–H and O–H groups in total. The number of hydrogen-bond acceptors (Lipinski definition) is 5. The molecule has 1 aliphatic heterocycles. The zero-order chi connectivity index (χ0) is 12.1. The maximum atomic E-state index is 9.79. The monoisotopic (exact) mass is 233 g/mol. The van der Waals surface area contributed by atoms with E-state index in [1.807, 2.05) is 4.90 Å². The Bertz CT molecular complexity index is 202. The van der Waals surface area contributed by atoms with Crippen molar-refractivity contribution in [3.05, 3.63) is 0 Å². The van der Waals surface area contributed by atoms with Crippen LogP contribution in [0.5, 0.6) is 0 Å². The van der Waals surface area contributed by atoms with Gasteiger partial charge in [0.1, 0.15) is 0 Å². The van der Waals surface area contributed by atoms with Gasteiger partial charge in [-0.25, -0.2) is 0 Å². The molecule has 0 aromatic heterocycles. The Labute approximate surface area is 96.3 Å². The molecule has 2 unspecified atom stereocenters. The number of unbranched alkanes of at least 4 members (excludes halogenated alkanes) is 1. The summed E-state index contributed by atoms with van der Waals surface area (Å²) in [5, 5.41) is 37.9. The van der Waals surface area contributed by atoms with Crippen molar-refractivity contribution in [2.24, 2.45) is 0 Å². The number of hydrogen-bond donors (Lipinski definition) is 4. The molecule has 4 atom stereocenters. The average molecular weight is 233 g/mol. The van der Waals surface area contributed by atoms with Crippen molar-refractivity contribution in [3.63, 3.8) is 0 Å². The lowest BCUT2D eigenvalue weighted by Crippen LogP contribution is -2.61. The first-order chi connectivity index (χ1) is 7.65. The van der Waals surface area contributed by atoms with Gasteiger partial charge in [-0.15, -0.1) is 0 Å². The molecule has 96 valence electrons. The predicted molar refractivity (Wildman–Crippen MR) is 60.0 cm³/mol. The van der Waals surface area contributed by atoms with E-state index in [1.54, 1.807) is 0 Å². The number of piperidine rings is 1. The van der Waals surface area contributed by atoms with Crippen LogP contribution in [-0.4, -0.2) is 69.4 Å². The molecule has 1 heterocycles. The molecule has 5 heteroatoms. The van der Waals surface area contributed by atoms with Crippen LogP contribution < -0.4 is 0 Å². The quantitative estimate of drug-likeness (QED) is 0.486. The average Bonchev–Trinajstić information content (AvgIpc) is 2.30. The highest BCUT2D eigenvalue weighted by Gasteiger charge is 2.40. The van der Waals surface area contributed by atoms with E-state index in [2.05, 4.69) is 6.92 Å². The molecule has 16 heavy (non-hydrogen) atoms. The molecular weight excluding hydrogens is 210 g/mol. The molecule has 0 amide bonds. The van der Waals surface area contributed by atoms with Gasteiger partial charge in [-0.1, -0.05) is 13.3 Å². The summed E-state index contributed by atoms with van der Waals surface area (Å²) in [5.74, 6) is 0. The first-order valence-electron chi connectivity index (χ1n) is 5.99. The fraction of sp³-hybridized carbons (Fsp3) is 1.00. The molecule has 0 saturated carbocycles. The van der Waals surface area contributed by atoms with Gasteiger partial charge in [-0.3, -0.25) is 4.90 Å². The van der Waals surface area contributed by atoms with Crippen LogP contribution in [0, 0.1) is 0 Å². The lowest BCUT2D eigenvalue weighted by molar-refractivity contribution is -0.119. The SMILES string of the molecule is CCCCN1C(CO)[C@@H](O)C(O)C[C@H]1CO. The van der Waals surface area contributed by atoms with Crippen molar-refractivity contribution >= 4 is 0 Å². The fourth-order valence-corrected chi connectivity index (χ4v) is 2.36. The van der Waals surface area contributed by atoms with E-state index in [-0.39, 0.29) is 19.3 Å². The van der Waals surface area contributed by atoms with Gasteiger partial charge in [0.05, 0.1) is 31.5 Å². The van der Waals surface area contributed by atoms with E-state index in [9.17, 15) is 20.4 Å². The third kappa shape index (κ3) is 2.93. The van der Waals surface area contributed by atoms with Crippen LogP contribution in [0.15, 0.2) is 0 Å². The summed E-state index contributed by atoms with van der Waals surface area (Å²) in [4.78, 5) is 1.92. The van der Waals surface area contributed by atoms with Gasteiger partial charge in [0, 0.05) is 6.04 Å². The third-order valence-corrected chi connectivity index (χ3v) is 3.36. The van der Waals surface area contributed by atoms with Gasteiger partial charge in [0.2, 0.25) is 0 Å². The van der Waals surface area contributed by atoms with Crippen LogP contribution in [-0.2, 0) is 0 Å².